The largest absolute Gasteiger partial charge is 0.493 e. The van der Waals surface area contributed by atoms with E-state index in [0.717, 1.165) is 0 Å². The van der Waals surface area contributed by atoms with Crippen molar-refractivity contribution >= 4 is 51.4 Å². The number of aromatic amines is 1. The van der Waals surface area contributed by atoms with Crippen molar-refractivity contribution in [1.29, 1.82) is 5.26 Å². The van der Waals surface area contributed by atoms with Gasteiger partial charge in [-0.2, -0.15) is 9.78 Å². The molecule has 6 nitrogen and oxygen atoms in total. The van der Waals surface area contributed by atoms with E-state index in [-0.39, 0.29) is 22.5 Å². The highest BCUT2D eigenvalue weighted by Gasteiger charge is 2.21. The molecular formula is C18H9Cl3N4O2. The number of fused-ring (bicyclic) bond motifs is 2. The third-order valence-electron chi connectivity index (χ3n) is 4.16. The molecular weight excluding hydrogens is 411 g/mol. The summed E-state index contributed by atoms with van der Waals surface area (Å²) in [6.07, 6.45) is 0. The van der Waals surface area contributed by atoms with Gasteiger partial charge in [0.1, 0.15) is 17.1 Å². The predicted molar refractivity (Wildman–Crippen MR) is 105 cm³/mol. The molecule has 0 fully saturated rings. The first-order valence-corrected chi connectivity index (χ1v) is 8.76. The normalized spacial score (nSPS) is 11.1. The van der Waals surface area contributed by atoms with Gasteiger partial charge in [0.15, 0.2) is 11.4 Å². The number of rotatable bonds is 2. The molecule has 0 spiro atoms. The summed E-state index contributed by atoms with van der Waals surface area (Å²) in [5.74, 6) is 0.268. The smallest absolute Gasteiger partial charge is 0.280 e. The first-order chi connectivity index (χ1) is 13.0. The Morgan fingerprint density at radius 1 is 1.19 bits per heavy atom. The highest BCUT2D eigenvalue weighted by molar-refractivity contribution is 6.36. The van der Waals surface area contributed by atoms with Crippen LogP contribution >= 0.6 is 34.8 Å². The summed E-state index contributed by atoms with van der Waals surface area (Å²) in [6, 6.07) is 10.1. The molecule has 0 atom stereocenters. The fraction of sp³-hybridized carbons (Fsp3) is 0.0556. The molecule has 9 heteroatoms. The molecule has 0 aliphatic carbocycles. The fourth-order valence-electron chi connectivity index (χ4n) is 2.94. The molecule has 0 bridgehead atoms. The third kappa shape index (κ3) is 2.63. The number of methoxy groups -OCH3 is 1. The summed E-state index contributed by atoms with van der Waals surface area (Å²) in [5, 5.41) is 14.0. The average molecular weight is 420 g/mol. The van der Waals surface area contributed by atoms with Gasteiger partial charge in [-0.1, -0.05) is 34.8 Å². The Morgan fingerprint density at radius 3 is 2.63 bits per heavy atom. The van der Waals surface area contributed by atoms with Crippen LogP contribution in [0.2, 0.25) is 15.1 Å². The summed E-state index contributed by atoms with van der Waals surface area (Å²) < 4.78 is 6.49. The molecule has 4 rings (SSSR count). The molecule has 0 saturated carbocycles. The Morgan fingerprint density at radius 2 is 1.96 bits per heavy atom. The van der Waals surface area contributed by atoms with Gasteiger partial charge in [-0.25, -0.2) is 4.98 Å². The lowest BCUT2D eigenvalue weighted by Gasteiger charge is -2.06. The number of hydrogen-bond acceptors (Lipinski definition) is 4. The van der Waals surface area contributed by atoms with Gasteiger partial charge in [0.05, 0.1) is 28.2 Å². The maximum Gasteiger partial charge on any atom is 0.280 e. The Bertz CT molecular complexity index is 1330. The standard InChI is InChI=1S/C18H9Cl3N4O2/c1-27-16-12(20)5-4-10-15(16)23-17-11(7-22)14(24-25(17)18(10)26)9-3-2-8(19)6-13(9)21/h2-6,24H,1H3. The Balaban J connectivity index is 2.16. The zero-order valence-electron chi connectivity index (χ0n) is 13.7. The maximum absolute atomic E-state index is 12.9. The summed E-state index contributed by atoms with van der Waals surface area (Å²) in [4.78, 5) is 17.4. The molecule has 4 aromatic rings. The van der Waals surface area contributed by atoms with Crippen LogP contribution in [0, 0.1) is 11.3 Å². The van der Waals surface area contributed by atoms with Gasteiger partial charge < -0.3 is 4.74 Å². The van der Waals surface area contributed by atoms with E-state index < -0.39 is 5.56 Å². The number of H-pyrrole nitrogens is 1. The van der Waals surface area contributed by atoms with Gasteiger partial charge in [-0.15, -0.1) is 0 Å². The average Bonchev–Trinajstić information content (AvgIpc) is 3.00. The van der Waals surface area contributed by atoms with Crippen molar-refractivity contribution in [3.8, 4) is 23.1 Å². The van der Waals surface area contributed by atoms with Crippen LogP contribution in [0.25, 0.3) is 27.8 Å². The lowest BCUT2D eigenvalue weighted by Crippen LogP contribution is -2.15. The summed E-state index contributed by atoms with van der Waals surface area (Å²) in [5.41, 5.74) is 1.09. The number of nitrogens with one attached hydrogen (secondary N) is 1. The van der Waals surface area contributed by atoms with Crippen LogP contribution in [-0.4, -0.2) is 21.7 Å². The summed E-state index contributed by atoms with van der Waals surface area (Å²) in [7, 11) is 1.44. The van der Waals surface area contributed by atoms with Crippen LogP contribution < -0.4 is 10.3 Å². The number of hydrogen-bond donors (Lipinski definition) is 1. The van der Waals surface area contributed by atoms with Crippen molar-refractivity contribution in [3.05, 3.63) is 61.3 Å². The van der Waals surface area contributed by atoms with Crippen LogP contribution in [0.1, 0.15) is 5.56 Å². The molecule has 1 N–H and O–H groups in total. The lowest BCUT2D eigenvalue weighted by atomic mass is 10.1. The van der Waals surface area contributed by atoms with Gasteiger partial charge in [0.2, 0.25) is 0 Å². The van der Waals surface area contributed by atoms with Crippen LogP contribution in [0.15, 0.2) is 35.1 Å². The van der Waals surface area contributed by atoms with E-state index in [1.807, 2.05) is 0 Å². The van der Waals surface area contributed by atoms with E-state index >= 15 is 0 Å². The molecule has 0 unspecified atom stereocenters. The lowest BCUT2D eigenvalue weighted by molar-refractivity contribution is 0.419. The quantitative estimate of drug-likeness (QED) is 0.511. The number of ether oxygens (including phenoxy) is 1. The zero-order valence-corrected chi connectivity index (χ0v) is 15.9. The SMILES string of the molecule is COc1c(Cl)ccc2c(=O)n3[nH]c(-c4ccc(Cl)cc4Cl)c(C#N)c3nc12. The first-order valence-electron chi connectivity index (χ1n) is 7.62. The van der Waals surface area contributed by atoms with Gasteiger partial charge in [-0.05, 0) is 30.3 Å². The minimum Gasteiger partial charge on any atom is -0.493 e. The minimum atomic E-state index is -0.391. The topological polar surface area (TPSA) is 83.2 Å². The highest BCUT2D eigenvalue weighted by Crippen LogP contribution is 2.34. The van der Waals surface area contributed by atoms with Crippen molar-refractivity contribution in [2.24, 2.45) is 0 Å². The van der Waals surface area contributed by atoms with Gasteiger partial charge in [0, 0.05) is 10.6 Å². The number of benzene rings is 2. The second-order valence-corrected chi connectivity index (χ2v) is 6.90. The Kier molecular flexibility index (Phi) is 4.23. The Hall–Kier alpha value is -2.72. The number of nitriles is 1. The predicted octanol–water partition coefficient (Wildman–Crippen LogP) is 4.68. The van der Waals surface area contributed by atoms with Crippen LogP contribution in [0.4, 0.5) is 0 Å². The van der Waals surface area contributed by atoms with Crippen LogP contribution in [-0.2, 0) is 0 Å². The van der Waals surface area contributed by atoms with E-state index in [9.17, 15) is 10.1 Å². The molecule has 0 radical (unpaired) electrons. The van der Waals surface area contributed by atoms with Crippen molar-refractivity contribution in [2.45, 2.75) is 0 Å². The molecule has 0 saturated heterocycles. The monoisotopic (exact) mass is 418 g/mol. The number of nitrogens with zero attached hydrogens (tertiary/aromatic N) is 3. The highest BCUT2D eigenvalue weighted by atomic mass is 35.5. The second kappa shape index (κ2) is 6.46. The molecule has 134 valence electrons. The van der Waals surface area contributed by atoms with Gasteiger partial charge >= 0.3 is 0 Å². The van der Waals surface area contributed by atoms with Crippen molar-refractivity contribution < 1.29 is 4.74 Å². The summed E-state index contributed by atoms with van der Waals surface area (Å²) in [6.45, 7) is 0. The minimum absolute atomic E-state index is 0.150. The van der Waals surface area contributed by atoms with Crippen molar-refractivity contribution in [2.75, 3.05) is 7.11 Å². The van der Waals surface area contributed by atoms with E-state index in [2.05, 4.69) is 16.2 Å². The molecule has 2 aromatic heterocycles. The molecule has 2 aromatic carbocycles. The number of halogens is 3. The van der Waals surface area contributed by atoms with E-state index in [4.69, 9.17) is 39.5 Å². The molecule has 0 amide bonds. The fourth-order valence-corrected chi connectivity index (χ4v) is 3.67. The third-order valence-corrected chi connectivity index (χ3v) is 5.01. The summed E-state index contributed by atoms with van der Waals surface area (Å²) >= 11 is 18.4. The second-order valence-electron chi connectivity index (χ2n) is 5.65. The van der Waals surface area contributed by atoms with Crippen molar-refractivity contribution in [1.82, 2.24) is 14.6 Å². The van der Waals surface area contributed by atoms with E-state index in [1.54, 1.807) is 30.3 Å². The Labute approximate surface area is 167 Å². The van der Waals surface area contributed by atoms with Gasteiger partial charge in [-0.3, -0.25) is 9.89 Å². The number of aromatic nitrogens is 3. The maximum atomic E-state index is 12.9. The van der Waals surface area contributed by atoms with E-state index in [0.29, 0.717) is 31.7 Å². The van der Waals surface area contributed by atoms with Gasteiger partial charge in [0.25, 0.3) is 5.56 Å². The van der Waals surface area contributed by atoms with E-state index in [1.165, 1.54) is 11.6 Å². The molecule has 0 aliphatic rings. The molecule has 27 heavy (non-hydrogen) atoms. The van der Waals surface area contributed by atoms with Crippen LogP contribution in [0.5, 0.6) is 5.75 Å². The molecule has 0 aliphatic heterocycles. The van der Waals surface area contributed by atoms with Crippen molar-refractivity contribution in [3.63, 3.8) is 0 Å². The molecule has 2 heterocycles. The first kappa shape index (κ1) is 17.7. The zero-order chi connectivity index (χ0) is 19.3. The van der Waals surface area contributed by atoms with Crippen LogP contribution in [0.3, 0.4) is 0 Å².